The van der Waals surface area contributed by atoms with Crippen molar-refractivity contribution in [3.05, 3.63) is 12.4 Å². The molecule has 102 valence electrons. The van der Waals surface area contributed by atoms with Crippen molar-refractivity contribution in [2.45, 2.75) is 58.5 Å². The molecule has 1 unspecified atom stereocenters. The van der Waals surface area contributed by atoms with E-state index in [9.17, 15) is 4.79 Å². The Hall–Kier alpha value is -1.52. The van der Waals surface area contributed by atoms with E-state index in [1.807, 2.05) is 0 Å². The van der Waals surface area contributed by atoms with Crippen molar-refractivity contribution in [2.75, 3.05) is 5.73 Å². The number of nitrogens with zero attached hydrogens (tertiary/aromatic N) is 2. The van der Waals surface area contributed by atoms with Gasteiger partial charge >= 0.3 is 0 Å². The molecule has 1 aromatic heterocycles. The van der Waals surface area contributed by atoms with Crippen molar-refractivity contribution in [1.29, 1.82) is 0 Å². The predicted octanol–water partition coefficient (Wildman–Crippen LogP) is 1.94. The Labute approximate surface area is 109 Å². The van der Waals surface area contributed by atoms with Gasteiger partial charge in [0, 0.05) is 12.2 Å². The zero-order chi connectivity index (χ0) is 13.4. The van der Waals surface area contributed by atoms with Gasteiger partial charge in [-0.25, -0.2) is 0 Å². The lowest BCUT2D eigenvalue weighted by atomic mass is 10.1. The lowest BCUT2D eigenvalue weighted by Gasteiger charge is -2.17. The minimum absolute atomic E-state index is 0.00709. The second-order valence-electron chi connectivity index (χ2n) is 4.67. The van der Waals surface area contributed by atoms with Gasteiger partial charge in [-0.05, 0) is 12.8 Å². The Kier molecular flexibility index (Phi) is 6.25. The van der Waals surface area contributed by atoms with Crippen molar-refractivity contribution in [3.8, 4) is 0 Å². The van der Waals surface area contributed by atoms with E-state index < -0.39 is 0 Å². The summed E-state index contributed by atoms with van der Waals surface area (Å²) >= 11 is 0. The Morgan fingerprint density at radius 2 is 2.22 bits per heavy atom. The molecule has 0 aliphatic rings. The maximum absolute atomic E-state index is 11.9. The van der Waals surface area contributed by atoms with Crippen LogP contribution in [0.4, 0.5) is 5.69 Å². The molecular formula is C13H24N4O. The standard InChI is InChI=1S/C13H24N4O/c1-3-5-7-12(6-4-2)16-13(18)10-17-9-11(14)8-15-17/h8-9,12H,3-7,10,14H2,1-2H3,(H,16,18). The molecule has 0 fully saturated rings. The van der Waals surface area contributed by atoms with Crippen LogP contribution in [0, 0.1) is 0 Å². The van der Waals surface area contributed by atoms with Crippen LogP contribution in [-0.4, -0.2) is 21.7 Å². The van der Waals surface area contributed by atoms with Gasteiger partial charge in [-0.1, -0.05) is 33.1 Å². The van der Waals surface area contributed by atoms with Crippen molar-refractivity contribution in [1.82, 2.24) is 15.1 Å². The summed E-state index contributed by atoms with van der Waals surface area (Å²) in [7, 11) is 0. The highest BCUT2D eigenvalue weighted by Crippen LogP contribution is 2.07. The van der Waals surface area contributed by atoms with Crippen LogP contribution >= 0.6 is 0 Å². The number of carbonyl (C=O) groups excluding carboxylic acids is 1. The lowest BCUT2D eigenvalue weighted by Crippen LogP contribution is -2.37. The van der Waals surface area contributed by atoms with Gasteiger partial charge in [-0.2, -0.15) is 5.10 Å². The zero-order valence-corrected chi connectivity index (χ0v) is 11.4. The van der Waals surface area contributed by atoms with E-state index in [4.69, 9.17) is 5.73 Å². The molecule has 1 atom stereocenters. The molecule has 0 saturated carbocycles. The number of amides is 1. The molecule has 0 spiro atoms. The first-order chi connectivity index (χ1) is 8.65. The Balaban J connectivity index is 2.40. The predicted molar refractivity (Wildman–Crippen MR) is 73.0 cm³/mol. The monoisotopic (exact) mass is 252 g/mol. The number of nitrogen functional groups attached to an aromatic ring is 1. The second kappa shape index (κ2) is 7.74. The molecule has 0 bridgehead atoms. The molecule has 0 saturated heterocycles. The van der Waals surface area contributed by atoms with Crippen LogP contribution in [0.25, 0.3) is 0 Å². The first-order valence-corrected chi connectivity index (χ1v) is 6.73. The smallest absolute Gasteiger partial charge is 0.241 e. The highest BCUT2D eigenvalue weighted by atomic mass is 16.2. The van der Waals surface area contributed by atoms with E-state index in [0.717, 1.165) is 32.1 Å². The van der Waals surface area contributed by atoms with Gasteiger partial charge in [0.05, 0.1) is 11.9 Å². The van der Waals surface area contributed by atoms with E-state index in [1.165, 1.54) is 0 Å². The molecule has 1 heterocycles. The number of unbranched alkanes of at least 4 members (excludes halogenated alkanes) is 1. The minimum Gasteiger partial charge on any atom is -0.396 e. The number of hydrogen-bond acceptors (Lipinski definition) is 3. The molecule has 18 heavy (non-hydrogen) atoms. The van der Waals surface area contributed by atoms with Gasteiger partial charge in [0.2, 0.25) is 5.91 Å². The van der Waals surface area contributed by atoms with E-state index in [2.05, 4.69) is 24.3 Å². The average molecular weight is 252 g/mol. The highest BCUT2D eigenvalue weighted by Gasteiger charge is 2.11. The van der Waals surface area contributed by atoms with Crippen molar-refractivity contribution >= 4 is 11.6 Å². The first-order valence-electron chi connectivity index (χ1n) is 6.73. The summed E-state index contributed by atoms with van der Waals surface area (Å²) in [5.74, 6) is 0.00709. The number of nitrogens with two attached hydrogens (primary N) is 1. The van der Waals surface area contributed by atoms with Crippen molar-refractivity contribution in [3.63, 3.8) is 0 Å². The third kappa shape index (κ3) is 5.21. The summed E-state index contributed by atoms with van der Waals surface area (Å²) in [6.45, 7) is 4.54. The maximum Gasteiger partial charge on any atom is 0.241 e. The van der Waals surface area contributed by atoms with Crippen LogP contribution in [0.2, 0.25) is 0 Å². The summed E-state index contributed by atoms with van der Waals surface area (Å²) in [5, 5.41) is 7.07. The van der Waals surface area contributed by atoms with Gasteiger partial charge in [0.1, 0.15) is 6.54 Å². The van der Waals surface area contributed by atoms with Crippen molar-refractivity contribution < 1.29 is 4.79 Å². The van der Waals surface area contributed by atoms with Crippen LogP contribution in [0.1, 0.15) is 46.0 Å². The number of hydrogen-bond donors (Lipinski definition) is 2. The number of aromatic nitrogens is 2. The fourth-order valence-electron chi connectivity index (χ4n) is 1.97. The normalized spacial score (nSPS) is 12.3. The summed E-state index contributed by atoms with van der Waals surface area (Å²) in [5.41, 5.74) is 6.14. The SMILES string of the molecule is CCCCC(CCC)NC(=O)Cn1cc(N)cn1. The molecule has 1 aromatic rings. The van der Waals surface area contributed by atoms with Crippen LogP contribution in [0.3, 0.4) is 0 Å². The Bertz CT molecular complexity index is 362. The summed E-state index contributed by atoms with van der Waals surface area (Å²) in [4.78, 5) is 11.9. The summed E-state index contributed by atoms with van der Waals surface area (Å²) in [6, 6.07) is 0.287. The van der Waals surface area contributed by atoms with E-state index in [0.29, 0.717) is 5.69 Å². The molecule has 1 amide bonds. The van der Waals surface area contributed by atoms with Crippen molar-refractivity contribution in [2.24, 2.45) is 0 Å². The topological polar surface area (TPSA) is 72.9 Å². The largest absolute Gasteiger partial charge is 0.396 e. The molecular weight excluding hydrogens is 228 g/mol. The van der Waals surface area contributed by atoms with Crippen LogP contribution in [0.5, 0.6) is 0 Å². The maximum atomic E-state index is 11.9. The van der Waals surface area contributed by atoms with Crippen LogP contribution in [0.15, 0.2) is 12.4 Å². The van der Waals surface area contributed by atoms with E-state index in [-0.39, 0.29) is 18.5 Å². The zero-order valence-electron chi connectivity index (χ0n) is 11.4. The Morgan fingerprint density at radius 3 is 2.78 bits per heavy atom. The Morgan fingerprint density at radius 1 is 1.44 bits per heavy atom. The third-order valence-corrected chi connectivity index (χ3v) is 2.87. The number of rotatable bonds is 8. The van der Waals surface area contributed by atoms with Gasteiger partial charge in [-0.15, -0.1) is 0 Å². The van der Waals surface area contributed by atoms with Crippen LogP contribution in [-0.2, 0) is 11.3 Å². The van der Waals surface area contributed by atoms with Gasteiger partial charge in [0.15, 0.2) is 0 Å². The fourth-order valence-corrected chi connectivity index (χ4v) is 1.97. The molecule has 0 aliphatic carbocycles. The molecule has 0 radical (unpaired) electrons. The molecule has 3 N–H and O–H groups in total. The number of anilines is 1. The molecule has 0 aromatic carbocycles. The quantitative estimate of drug-likeness (QED) is 0.742. The minimum atomic E-state index is 0.00709. The molecule has 1 rings (SSSR count). The first kappa shape index (κ1) is 14.5. The summed E-state index contributed by atoms with van der Waals surface area (Å²) in [6.07, 6.45) is 8.70. The highest BCUT2D eigenvalue weighted by molar-refractivity contribution is 5.76. The number of nitrogens with one attached hydrogen (secondary N) is 1. The molecule has 5 heteroatoms. The third-order valence-electron chi connectivity index (χ3n) is 2.87. The van der Waals surface area contributed by atoms with Gasteiger partial charge < -0.3 is 11.1 Å². The van der Waals surface area contributed by atoms with E-state index in [1.54, 1.807) is 17.1 Å². The van der Waals surface area contributed by atoms with Gasteiger partial charge in [0.25, 0.3) is 0 Å². The van der Waals surface area contributed by atoms with Crippen LogP contribution < -0.4 is 11.1 Å². The van der Waals surface area contributed by atoms with E-state index >= 15 is 0 Å². The average Bonchev–Trinajstić information content (AvgIpc) is 2.71. The molecule has 5 nitrogen and oxygen atoms in total. The second-order valence-corrected chi connectivity index (χ2v) is 4.67. The number of carbonyl (C=O) groups is 1. The molecule has 0 aliphatic heterocycles. The lowest BCUT2D eigenvalue weighted by molar-refractivity contribution is -0.122. The van der Waals surface area contributed by atoms with Gasteiger partial charge in [-0.3, -0.25) is 9.48 Å². The summed E-state index contributed by atoms with van der Waals surface area (Å²) < 4.78 is 1.56. The fraction of sp³-hybridized carbons (Fsp3) is 0.692.